The molecule has 0 radical (unpaired) electrons. The zero-order valence-corrected chi connectivity index (χ0v) is 8.64. The topological polar surface area (TPSA) is 51.2 Å². The Bertz CT molecular complexity index is 585. The number of Topliss-reactive ketones (excluding diaryl/α,β-unsaturated/α-hetero) is 1. The number of sulfone groups is 1. The predicted molar refractivity (Wildman–Crippen MR) is 52.2 cm³/mol. The molecule has 5 heteroatoms. The number of carbonyl (C=O) groups is 1. The number of carbonyl (C=O) groups excluding carboxylic acids is 1. The lowest BCUT2D eigenvalue weighted by Crippen LogP contribution is -1.98. The van der Waals surface area contributed by atoms with Crippen molar-refractivity contribution in [1.29, 1.82) is 0 Å². The summed E-state index contributed by atoms with van der Waals surface area (Å²) in [6.07, 6.45) is 0. The molecule has 78 valence electrons. The van der Waals surface area contributed by atoms with Crippen LogP contribution in [0, 0.1) is 5.82 Å². The molecule has 0 aliphatic carbocycles. The van der Waals surface area contributed by atoms with Crippen LogP contribution in [0.15, 0.2) is 28.5 Å². The van der Waals surface area contributed by atoms with Crippen LogP contribution < -0.4 is 0 Å². The third-order valence-electron chi connectivity index (χ3n) is 2.19. The number of ketones is 1. The summed E-state index contributed by atoms with van der Waals surface area (Å²) in [6.45, 7) is 1.25. The number of hydrogen-bond acceptors (Lipinski definition) is 3. The molecule has 15 heavy (non-hydrogen) atoms. The van der Waals surface area contributed by atoms with Crippen LogP contribution in [0.4, 0.5) is 4.39 Å². The maximum absolute atomic E-state index is 13.3. The third-order valence-corrected chi connectivity index (χ3v) is 3.72. The van der Waals surface area contributed by atoms with E-state index in [2.05, 4.69) is 0 Å². The SMILES string of the molecule is CC(=O)C1=CS(=O)(=O)c2c(F)cccc21. The van der Waals surface area contributed by atoms with Gasteiger partial charge >= 0.3 is 0 Å². The fourth-order valence-corrected chi connectivity index (χ4v) is 3.11. The van der Waals surface area contributed by atoms with Crippen LogP contribution in [-0.4, -0.2) is 14.2 Å². The van der Waals surface area contributed by atoms with Crippen LogP contribution in [0.2, 0.25) is 0 Å². The second kappa shape index (κ2) is 3.00. The van der Waals surface area contributed by atoms with E-state index in [1.807, 2.05) is 0 Å². The maximum Gasteiger partial charge on any atom is 0.204 e. The Hall–Kier alpha value is -1.49. The van der Waals surface area contributed by atoms with Gasteiger partial charge in [-0.2, -0.15) is 0 Å². The van der Waals surface area contributed by atoms with E-state index in [-0.39, 0.29) is 16.9 Å². The van der Waals surface area contributed by atoms with E-state index >= 15 is 0 Å². The molecule has 0 saturated carbocycles. The van der Waals surface area contributed by atoms with E-state index < -0.39 is 20.5 Å². The van der Waals surface area contributed by atoms with E-state index in [4.69, 9.17) is 0 Å². The van der Waals surface area contributed by atoms with Gasteiger partial charge in [0.2, 0.25) is 9.84 Å². The fraction of sp³-hybridized carbons (Fsp3) is 0.100. The van der Waals surface area contributed by atoms with Gasteiger partial charge in [0.25, 0.3) is 0 Å². The lowest BCUT2D eigenvalue weighted by Gasteiger charge is -2.01. The molecule has 1 aliphatic rings. The highest BCUT2D eigenvalue weighted by molar-refractivity contribution is 7.95. The zero-order valence-electron chi connectivity index (χ0n) is 7.82. The summed E-state index contributed by atoms with van der Waals surface area (Å²) in [5, 5.41) is 0.822. The van der Waals surface area contributed by atoms with Crippen LogP contribution in [0.3, 0.4) is 0 Å². The molecule has 1 heterocycles. The number of fused-ring (bicyclic) bond motifs is 1. The molecule has 0 amide bonds. The minimum Gasteiger partial charge on any atom is -0.294 e. The number of halogens is 1. The monoisotopic (exact) mass is 226 g/mol. The molecule has 2 rings (SSSR count). The smallest absolute Gasteiger partial charge is 0.204 e. The lowest BCUT2D eigenvalue weighted by molar-refractivity contribution is -0.111. The van der Waals surface area contributed by atoms with E-state index in [1.54, 1.807) is 0 Å². The van der Waals surface area contributed by atoms with Gasteiger partial charge in [-0.15, -0.1) is 0 Å². The molecule has 0 atom stereocenters. The van der Waals surface area contributed by atoms with Crippen molar-refractivity contribution >= 4 is 21.2 Å². The summed E-state index contributed by atoms with van der Waals surface area (Å²) in [6, 6.07) is 3.87. The van der Waals surface area contributed by atoms with Gasteiger partial charge in [0.1, 0.15) is 10.7 Å². The maximum atomic E-state index is 13.3. The van der Waals surface area contributed by atoms with Gasteiger partial charge in [0.15, 0.2) is 5.78 Å². The molecule has 0 aromatic heterocycles. The first kappa shape index (κ1) is 10.0. The fourth-order valence-electron chi connectivity index (χ4n) is 1.56. The zero-order chi connectivity index (χ0) is 11.2. The van der Waals surface area contributed by atoms with Crippen LogP contribution in [0.1, 0.15) is 12.5 Å². The Labute approximate surface area is 86.1 Å². The molecule has 0 bridgehead atoms. The summed E-state index contributed by atoms with van der Waals surface area (Å²) in [4.78, 5) is 10.8. The summed E-state index contributed by atoms with van der Waals surface area (Å²) in [5.74, 6) is -1.21. The van der Waals surface area contributed by atoms with Crippen molar-refractivity contribution in [2.75, 3.05) is 0 Å². The van der Waals surface area contributed by atoms with E-state index in [0.29, 0.717) is 0 Å². The minimum atomic E-state index is -3.79. The van der Waals surface area contributed by atoms with Gasteiger partial charge in [-0.3, -0.25) is 4.79 Å². The number of hydrogen-bond donors (Lipinski definition) is 0. The average Bonchev–Trinajstić information content (AvgIpc) is 2.39. The first-order valence-electron chi connectivity index (χ1n) is 4.20. The van der Waals surface area contributed by atoms with Crippen molar-refractivity contribution in [2.45, 2.75) is 11.8 Å². The molecule has 1 aromatic carbocycles. The van der Waals surface area contributed by atoms with E-state index in [9.17, 15) is 17.6 Å². The highest BCUT2D eigenvalue weighted by Gasteiger charge is 2.31. The van der Waals surface area contributed by atoms with Gasteiger partial charge in [-0.05, 0) is 13.0 Å². The first-order valence-corrected chi connectivity index (χ1v) is 5.75. The standard InChI is InChI=1S/C10H7FO3S/c1-6(12)8-5-15(13,14)10-7(8)3-2-4-9(10)11/h2-5H,1H3. The first-order chi connectivity index (χ1) is 6.93. The van der Waals surface area contributed by atoms with Crippen LogP contribution in [-0.2, 0) is 14.6 Å². The largest absolute Gasteiger partial charge is 0.294 e. The van der Waals surface area contributed by atoms with Crippen molar-refractivity contribution in [3.63, 3.8) is 0 Å². The van der Waals surface area contributed by atoms with Crippen LogP contribution in [0.25, 0.3) is 5.57 Å². The van der Waals surface area contributed by atoms with Crippen molar-refractivity contribution in [2.24, 2.45) is 0 Å². The summed E-state index contributed by atoms with van der Waals surface area (Å²) in [5.41, 5.74) is 0.201. The Balaban J connectivity index is 2.85. The number of allylic oxidation sites excluding steroid dienone is 1. The molecule has 1 aliphatic heterocycles. The van der Waals surface area contributed by atoms with Gasteiger partial charge in [0.05, 0.1) is 0 Å². The van der Waals surface area contributed by atoms with Crippen LogP contribution >= 0.6 is 0 Å². The summed E-state index contributed by atoms with van der Waals surface area (Å²) in [7, 11) is -3.79. The van der Waals surface area contributed by atoms with Gasteiger partial charge in [0, 0.05) is 16.5 Å². The van der Waals surface area contributed by atoms with Crippen molar-refractivity contribution in [3.8, 4) is 0 Å². The minimum absolute atomic E-state index is 0.0458. The van der Waals surface area contributed by atoms with Crippen molar-refractivity contribution < 1.29 is 17.6 Å². The summed E-state index contributed by atoms with van der Waals surface area (Å²) >= 11 is 0. The Morgan fingerprint density at radius 1 is 1.33 bits per heavy atom. The second-order valence-electron chi connectivity index (χ2n) is 3.25. The van der Waals surface area contributed by atoms with Gasteiger partial charge < -0.3 is 0 Å². The summed E-state index contributed by atoms with van der Waals surface area (Å²) < 4.78 is 36.3. The molecule has 0 fully saturated rings. The van der Waals surface area contributed by atoms with Crippen molar-refractivity contribution in [1.82, 2.24) is 0 Å². The molecular weight excluding hydrogens is 219 g/mol. The van der Waals surface area contributed by atoms with Gasteiger partial charge in [-0.25, -0.2) is 12.8 Å². The number of rotatable bonds is 1. The Morgan fingerprint density at radius 2 is 2.00 bits per heavy atom. The Morgan fingerprint density at radius 3 is 2.60 bits per heavy atom. The molecule has 3 nitrogen and oxygen atoms in total. The molecular formula is C10H7FO3S. The predicted octanol–water partition coefficient (Wildman–Crippen LogP) is 1.54. The quantitative estimate of drug-likeness (QED) is 0.729. The van der Waals surface area contributed by atoms with Crippen molar-refractivity contribution in [3.05, 3.63) is 35.0 Å². The normalized spacial score (nSPS) is 17.1. The average molecular weight is 226 g/mol. The molecule has 1 aromatic rings. The van der Waals surface area contributed by atoms with Gasteiger partial charge in [-0.1, -0.05) is 12.1 Å². The third kappa shape index (κ3) is 1.39. The highest BCUT2D eigenvalue weighted by Crippen LogP contribution is 2.35. The second-order valence-corrected chi connectivity index (χ2v) is 4.98. The molecule has 0 unspecified atom stereocenters. The van der Waals surface area contributed by atoms with Crippen LogP contribution in [0.5, 0.6) is 0 Å². The molecule has 0 N–H and O–H groups in total. The molecule has 0 saturated heterocycles. The van der Waals surface area contributed by atoms with E-state index in [0.717, 1.165) is 11.5 Å². The number of benzene rings is 1. The molecule has 0 spiro atoms. The highest BCUT2D eigenvalue weighted by atomic mass is 32.2. The van der Waals surface area contributed by atoms with E-state index in [1.165, 1.54) is 19.1 Å². The Kier molecular flexibility index (Phi) is 2.01. The lowest BCUT2D eigenvalue weighted by atomic mass is 10.0.